The fourth-order valence-electron chi connectivity index (χ4n) is 2.88. The average Bonchev–Trinajstić information content (AvgIpc) is 2.56. The first-order valence-electron chi connectivity index (χ1n) is 9.25. The summed E-state index contributed by atoms with van der Waals surface area (Å²) in [7, 11) is 0. The fourth-order valence-corrected chi connectivity index (χ4v) is 2.88. The molecular formula is C22H34O. The molecule has 0 aliphatic carbocycles. The molecule has 1 rings (SSSR count). The van der Waals surface area contributed by atoms with E-state index >= 15 is 0 Å². The molecule has 0 aliphatic heterocycles. The number of benzene rings is 1. The molecule has 2 atom stereocenters. The maximum atomic E-state index is 12.7. The van der Waals surface area contributed by atoms with E-state index in [1.54, 1.807) is 0 Å². The van der Waals surface area contributed by atoms with Gasteiger partial charge >= 0.3 is 0 Å². The van der Waals surface area contributed by atoms with Crippen LogP contribution in [-0.4, -0.2) is 5.78 Å². The van der Waals surface area contributed by atoms with Gasteiger partial charge in [0, 0.05) is 5.92 Å². The normalized spacial score (nSPS) is 14.8. The third-order valence-corrected chi connectivity index (χ3v) is 4.99. The maximum Gasteiger partial charge on any atom is 0.159 e. The van der Waals surface area contributed by atoms with E-state index in [9.17, 15) is 4.79 Å². The third-order valence-electron chi connectivity index (χ3n) is 4.99. The van der Waals surface area contributed by atoms with E-state index in [4.69, 9.17) is 0 Å². The summed E-state index contributed by atoms with van der Waals surface area (Å²) in [4.78, 5) is 12.7. The summed E-state index contributed by atoms with van der Waals surface area (Å²) < 4.78 is 0. The Labute approximate surface area is 143 Å². The molecular weight excluding hydrogens is 280 g/mol. The molecule has 128 valence electrons. The molecule has 0 saturated heterocycles. The summed E-state index contributed by atoms with van der Waals surface area (Å²) in [5.41, 5.74) is 3.83. The highest BCUT2D eigenvalue weighted by Crippen LogP contribution is 2.30. The first-order chi connectivity index (χ1) is 10.9. The molecule has 0 fully saturated rings. The fraction of sp³-hybridized carbons (Fsp3) is 0.591. The van der Waals surface area contributed by atoms with Gasteiger partial charge in [0.05, 0.1) is 0 Å². The van der Waals surface area contributed by atoms with Crippen molar-refractivity contribution in [3.63, 3.8) is 0 Å². The molecule has 2 unspecified atom stereocenters. The Hall–Kier alpha value is -1.37. The van der Waals surface area contributed by atoms with Gasteiger partial charge in [-0.1, -0.05) is 78.6 Å². The first kappa shape index (κ1) is 19.7. The molecule has 0 saturated carbocycles. The van der Waals surface area contributed by atoms with Crippen molar-refractivity contribution in [1.29, 1.82) is 0 Å². The summed E-state index contributed by atoms with van der Waals surface area (Å²) in [5.74, 6) is 1.29. The van der Waals surface area contributed by atoms with Crippen molar-refractivity contribution >= 4 is 11.4 Å². The summed E-state index contributed by atoms with van der Waals surface area (Å²) >= 11 is 0. The van der Waals surface area contributed by atoms with Crippen LogP contribution in [0.3, 0.4) is 0 Å². The topological polar surface area (TPSA) is 17.1 Å². The Kier molecular flexibility index (Phi) is 8.30. The van der Waals surface area contributed by atoms with E-state index < -0.39 is 0 Å². The van der Waals surface area contributed by atoms with Crippen LogP contribution in [0, 0.1) is 11.8 Å². The van der Waals surface area contributed by atoms with Crippen LogP contribution in [0.25, 0.3) is 5.57 Å². The molecule has 0 spiro atoms. The number of hydrogen-bond acceptors (Lipinski definition) is 1. The third kappa shape index (κ3) is 5.64. The highest BCUT2D eigenvalue weighted by atomic mass is 16.1. The predicted octanol–water partition coefficient (Wildman–Crippen LogP) is 6.63. The molecule has 1 heteroatoms. The van der Waals surface area contributed by atoms with Gasteiger partial charge in [0.15, 0.2) is 5.78 Å². The molecule has 0 bridgehead atoms. The zero-order chi connectivity index (χ0) is 17.4. The van der Waals surface area contributed by atoms with Crippen molar-refractivity contribution in [3.05, 3.63) is 41.5 Å². The number of carbonyl (C=O) groups is 1. The van der Waals surface area contributed by atoms with E-state index in [1.165, 1.54) is 16.7 Å². The molecule has 1 aromatic carbocycles. The summed E-state index contributed by atoms with van der Waals surface area (Å²) in [6.45, 7) is 13.0. The molecule has 0 aromatic heterocycles. The van der Waals surface area contributed by atoms with Crippen LogP contribution in [0.15, 0.2) is 30.3 Å². The largest absolute Gasteiger partial charge is 0.295 e. The lowest BCUT2D eigenvalue weighted by molar-refractivity contribution is -0.119. The van der Waals surface area contributed by atoms with Gasteiger partial charge < -0.3 is 0 Å². The molecule has 23 heavy (non-hydrogen) atoms. The van der Waals surface area contributed by atoms with Crippen LogP contribution in [0.5, 0.6) is 0 Å². The van der Waals surface area contributed by atoms with Crippen LogP contribution in [0.1, 0.15) is 84.3 Å². The van der Waals surface area contributed by atoms with Gasteiger partial charge in [-0.25, -0.2) is 0 Å². The highest BCUT2D eigenvalue weighted by Gasteiger charge is 2.19. The summed E-state index contributed by atoms with van der Waals surface area (Å²) in [5, 5.41) is 0. The number of hydrogen-bond donors (Lipinski definition) is 0. The Morgan fingerprint density at radius 3 is 2.30 bits per heavy atom. The lowest BCUT2D eigenvalue weighted by Gasteiger charge is -2.18. The van der Waals surface area contributed by atoms with E-state index in [0.29, 0.717) is 11.8 Å². The van der Waals surface area contributed by atoms with Crippen molar-refractivity contribution in [2.45, 2.75) is 73.1 Å². The van der Waals surface area contributed by atoms with Crippen LogP contribution in [0.2, 0.25) is 0 Å². The van der Waals surface area contributed by atoms with Gasteiger partial charge in [0.2, 0.25) is 0 Å². The molecule has 0 heterocycles. The zero-order valence-corrected chi connectivity index (χ0v) is 15.9. The van der Waals surface area contributed by atoms with E-state index in [1.807, 2.05) is 6.08 Å². The van der Waals surface area contributed by atoms with Crippen molar-refractivity contribution in [3.8, 4) is 0 Å². The highest BCUT2D eigenvalue weighted by molar-refractivity contribution is 5.98. The maximum absolute atomic E-state index is 12.7. The lowest BCUT2D eigenvalue weighted by atomic mass is 9.86. The van der Waals surface area contributed by atoms with Gasteiger partial charge in [-0.05, 0) is 47.5 Å². The van der Waals surface area contributed by atoms with E-state index in [-0.39, 0.29) is 11.7 Å². The van der Waals surface area contributed by atoms with Crippen LogP contribution < -0.4 is 0 Å². The Balaban J connectivity index is 3.19. The number of unbranched alkanes of at least 4 members (excludes halogenated alkanes) is 1. The molecule has 1 nitrogen and oxygen atoms in total. The minimum absolute atomic E-state index is 0.0999. The second-order valence-electron chi connectivity index (χ2n) is 7.09. The minimum atomic E-state index is 0.0999. The molecule has 0 amide bonds. The number of carbonyl (C=O) groups excluding carboxylic acids is 1. The minimum Gasteiger partial charge on any atom is -0.295 e. The summed E-state index contributed by atoms with van der Waals surface area (Å²) in [6.07, 6.45) is 6.25. The van der Waals surface area contributed by atoms with Gasteiger partial charge in [-0.2, -0.15) is 0 Å². The van der Waals surface area contributed by atoms with Gasteiger partial charge in [-0.3, -0.25) is 4.79 Å². The number of rotatable bonds is 9. The van der Waals surface area contributed by atoms with Crippen molar-refractivity contribution in [1.82, 2.24) is 0 Å². The van der Waals surface area contributed by atoms with Crippen LogP contribution in [0.4, 0.5) is 0 Å². The Bertz CT molecular complexity index is 525. The number of allylic oxidation sites excluding steroid dienone is 2. The van der Waals surface area contributed by atoms with Gasteiger partial charge in [0.1, 0.15) is 0 Å². The standard InChI is InChI=1S/C22H34O/c1-7-9-12-19(15-22(23)18(6)17(5)8-2)21-14-11-10-13-20(21)16(3)4/h10-11,13-18H,7-9,12H2,1-6H3/b19-15+. The molecule has 1 aromatic rings. The average molecular weight is 315 g/mol. The predicted molar refractivity (Wildman–Crippen MR) is 102 cm³/mol. The summed E-state index contributed by atoms with van der Waals surface area (Å²) in [6, 6.07) is 8.56. The second kappa shape index (κ2) is 9.70. The molecule has 0 radical (unpaired) electrons. The van der Waals surface area contributed by atoms with Gasteiger partial charge in [-0.15, -0.1) is 0 Å². The lowest BCUT2D eigenvalue weighted by Crippen LogP contribution is -2.17. The van der Waals surface area contributed by atoms with Crippen molar-refractivity contribution < 1.29 is 4.79 Å². The molecule has 0 N–H and O–H groups in total. The van der Waals surface area contributed by atoms with Crippen LogP contribution in [-0.2, 0) is 4.79 Å². The monoisotopic (exact) mass is 314 g/mol. The van der Waals surface area contributed by atoms with Crippen molar-refractivity contribution in [2.75, 3.05) is 0 Å². The van der Waals surface area contributed by atoms with E-state index in [0.717, 1.165) is 25.7 Å². The SMILES string of the molecule is CCCC/C(=C\C(=O)C(C)C(C)CC)c1ccccc1C(C)C. The molecule has 0 aliphatic rings. The van der Waals surface area contributed by atoms with E-state index in [2.05, 4.69) is 65.8 Å². The first-order valence-corrected chi connectivity index (χ1v) is 9.25. The number of ketones is 1. The second-order valence-corrected chi connectivity index (χ2v) is 7.09. The zero-order valence-electron chi connectivity index (χ0n) is 15.9. The quantitative estimate of drug-likeness (QED) is 0.467. The van der Waals surface area contributed by atoms with Gasteiger partial charge in [0.25, 0.3) is 0 Å². The van der Waals surface area contributed by atoms with Crippen LogP contribution >= 0.6 is 0 Å². The Morgan fingerprint density at radius 1 is 1.09 bits per heavy atom. The van der Waals surface area contributed by atoms with Crippen molar-refractivity contribution in [2.24, 2.45) is 11.8 Å². The smallest absolute Gasteiger partial charge is 0.159 e. The Morgan fingerprint density at radius 2 is 1.74 bits per heavy atom.